The molecule has 0 saturated carbocycles. The molecule has 1 aromatic heterocycles. The van der Waals surface area contributed by atoms with E-state index >= 15 is 0 Å². The molecule has 0 bridgehead atoms. The number of benzene rings is 1. The molecule has 0 radical (unpaired) electrons. The molecule has 3 N–H and O–H groups in total. The second-order valence-corrected chi connectivity index (χ2v) is 6.11. The molecular formula is C14H17N3O3S. The highest BCUT2D eigenvalue weighted by atomic mass is 32.2. The van der Waals surface area contributed by atoms with Gasteiger partial charge in [-0.2, -0.15) is 0 Å². The van der Waals surface area contributed by atoms with Crippen LogP contribution in [0, 0.1) is 0 Å². The molecule has 0 aliphatic rings. The van der Waals surface area contributed by atoms with Crippen LogP contribution >= 0.6 is 0 Å². The molecule has 7 heteroatoms. The van der Waals surface area contributed by atoms with Gasteiger partial charge in [0.25, 0.3) is 5.91 Å². The van der Waals surface area contributed by atoms with Gasteiger partial charge >= 0.3 is 0 Å². The quantitative estimate of drug-likeness (QED) is 0.865. The Bertz CT molecular complexity index is 733. The van der Waals surface area contributed by atoms with Crippen molar-refractivity contribution in [2.75, 3.05) is 0 Å². The fourth-order valence-electron chi connectivity index (χ4n) is 1.97. The lowest BCUT2D eigenvalue weighted by Crippen LogP contribution is -2.25. The number of amides is 1. The molecule has 0 aliphatic heterocycles. The molecule has 0 fully saturated rings. The van der Waals surface area contributed by atoms with Gasteiger partial charge in [0.15, 0.2) is 0 Å². The van der Waals surface area contributed by atoms with Crippen LogP contribution in [0.15, 0.2) is 47.5 Å². The summed E-state index contributed by atoms with van der Waals surface area (Å²) in [6, 6.07) is 9.66. The number of rotatable bonds is 5. The number of primary sulfonamides is 1. The van der Waals surface area contributed by atoms with Gasteiger partial charge < -0.3 is 9.88 Å². The van der Waals surface area contributed by atoms with E-state index in [0.29, 0.717) is 12.2 Å². The van der Waals surface area contributed by atoms with Crippen molar-refractivity contribution in [3.05, 3.63) is 53.9 Å². The molecule has 2 rings (SSSR count). The smallest absolute Gasteiger partial charge is 0.268 e. The number of carbonyl (C=O) groups is 1. The number of nitrogens with zero attached hydrogens (tertiary/aromatic N) is 1. The SMILES string of the molecule is CCn1cccc1C(=O)NCc1ccc(S(N)(=O)=O)cc1. The van der Waals surface area contributed by atoms with E-state index in [1.165, 1.54) is 12.1 Å². The summed E-state index contributed by atoms with van der Waals surface area (Å²) in [7, 11) is -3.69. The number of hydrogen-bond acceptors (Lipinski definition) is 3. The molecule has 1 heterocycles. The van der Waals surface area contributed by atoms with Crippen molar-refractivity contribution in [3.63, 3.8) is 0 Å². The standard InChI is InChI=1S/C14H17N3O3S/c1-2-17-9-3-4-13(17)14(18)16-10-11-5-7-12(8-6-11)21(15,19)20/h3-9H,2,10H2,1H3,(H,16,18)(H2,15,19,20). The summed E-state index contributed by atoms with van der Waals surface area (Å²) in [6.07, 6.45) is 1.84. The van der Waals surface area contributed by atoms with Gasteiger partial charge in [0.2, 0.25) is 10.0 Å². The van der Waals surface area contributed by atoms with E-state index in [0.717, 1.165) is 12.1 Å². The monoisotopic (exact) mass is 307 g/mol. The van der Waals surface area contributed by atoms with Crippen LogP contribution in [-0.4, -0.2) is 18.9 Å². The number of nitrogens with two attached hydrogens (primary N) is 1. The third-order valence-electron chi connectivity index (χ3n) is 3.11. The number of aryl methyl sites for hydroxylation is 1. The molecule has 1 aromatic carbocycles. The summed E-state index contributed by atoms with van der Waals surface area (Å²) in [5.41, 5.74) is 1.39. The van der Waals surface area contributed by atoms with E-state index in [1.54, 1.807) is 18.2 Å². The Kier molecular flexibility index (Phi) is 4.44. The molecular weight excluding hydrogens is 290 g/mol. The fraction of sp³-hybridized carbons (Fsp3) is 0.214. The van der Waals surface area contributed by atoms with Gasteiger partial charge in [-0.1, -0.05) is 12.1 Å². The minimum absolute atomic E-state index is 0.0532. The van der Waals surface area contributed by atoms with Crippen molar-refractivity contribution >= 4 is 15.9 Å². The van der Waals surface area contributed by atoms with Gasteiger partial charge in [-0.15, -0.1) is 0 Å². The van der Waals surface area contributed by atoms with E-state index in [4.69, 9.17) is 5.14 Å². The van der Waals surface area contributed by atoms with Crippen LogP contribution in [0.1, 0.15) is 23.0 Å². The molecule has 2 aromatic rings. The second-order valence-electron chi connectivity index (χ2n) is 4.55. The lowest BCUT2D eigenvalue weighted by Gasteiger charge is -2.08. The van der Waals surface area contributed by atoms with Gasteiger partial charge in [0.05, 0.1) is 4.90 Å². The van der Waals surface area contributed by atoms with E-state index < -0.39 is 10.0 Å². The highest BCUT2D eigenvalue weighted by molar-refractivity contribution is 7.89. The van der Waals surface area contributed by atoms with Crippen molar-refractivity contribution < 1.29 is 13.2 Å². The molecule has 0 unspecified atom stereocenters. The summed E-state index contributed by atoms with van der Waals surface area (Å²) in [5.74, 6) is -0.169. The number of sulfonamides is 1. The lowest BCUT2D eigenvalue weighted by atomic mass is 10.2. The van der Waals surface area contributed by atoms with Gasteiger partial charge in [-0.3, -0.25) is 4.79 Å². The first-order valence-corrected chi connectivity index (χ1v) is 8.01. The maximum atomic E-state index is 12.0. The van der Waals surface area contributed by atoms with Crippen LogP contribution < -0.4 is 10.5 Å². The van der Waals surface area contributed by atoms with Gasteiger partial charge in [-0.05, 0) is 36.8 Å². The van der Waals surface area contributed by atoms with Crippen LogP contribution in [0.2, 0.25) is 0 Å². The second kappa shape index (κ2) is 6.11. The fourth-order valence-corrected chi connectivity index (χ4v) is 2.48. The first kappa shape index (κ1) is 15.3. The Morgan fingerprint density at radius 2 is 1.90 bits per heavy atom. The number of carbonyl (C=O) groups excluding carboxylic acids is 1. The van der Waals surface area contributed by atoms with Crippen LogP contribution in [0.25, 0.3) is 0 Å². The topological polar surface area (TPSA) is 94.2 Å². The van der Waals surface area contributed by atoms with Crippen molar-refractivity contribution in [1.29, 1.82) is 0 Å². The average molecular weight is 307 g/mol. The number of nitrogens with one attached hydrogen (secondary N) is 1. The zero-order chi connectivity index (χ0) is 15.5. The Labute approximate surface area is 123 Å². The minimum Gasteiger partial charge on any atom is -0.347 e. The van der Waals surface area contributed by atoms with Crippen LogP contribution in [0.5, 0.6) is 0 Å². The predicted octanol–water partition coefficient (Wildman–Crippen LogP) is 1.09. The zero-order valence-electron chi connectivity index (χ0n) is 11.6. The first-order valence-electron chi connectivity index (χ1n) is 6.47. The Balaban J connectivity index is 2.02. The minimum atomic E-state index is -3.69. The molecule has 0 atom stereocenters. The maximum absolute atomic E-state index is 12.0. The predicted molar refractivity (Wildman–Crippen MR) is 79.1 cm³/mol. The van der Waals surface area contributed by atoms with Gasteiger partial charge in [0.1, 0.15) is 5.69 Å². The first-order chi connectivity index (χ1) is 9.91. The van der Waals surface area contributed by atoms with Crippen molar-refractivity contribution in [3.8, 4) is 0 Å². The van der Waals surface area contributed by atoms with E-state index in [-0.39, 0.29) is 10.8 Å². The number of aromatic nitrogens is 1. The molecule has 0 aliphatic carbocycles. The average Bonchev–Trinajstić information content (AvgIpc) is 2.92. The van der Waals surface area contributed by atoms with Crippen molar-refractivity contribution in [2.24, 2.45) is 5.14 Å². The van der Waals surface area contributed by atoms with Crippen molar-refractivity contribution in [1.82, 2.24) is 9.88 Å². The number of hydrogen-bond donors (Lipinski definition) is 2. The summed E-state index contributed by atoms with van der Waals surface area (Å²) in [4.78, 5) is 12.1. The van der Waals surface area contributed by atoms with Crippen LogP contribution in [0.3, 0.4) is 0 Å². The Morgan fingerprint density at radius 3 is 2.48 bits per heavy atom. The largest absolute Gasteiger partial charge is 0.347 e. The normalized spacial score (nSPS) is 11.3. The molecule has 6 nitrogen and oxygen atoms in total. The summed E-state index contributed by atoms with van der Waals surface area (Å²) < 4.78 is 24.1. The molecule has 0 spiro atoms. The third-order valence-corrected chi connectivity index (χ3v) is 4.04. The summed E-state index contributed by atoms with van der Waals surface area (Å²) in [6.45, 7) is 3.00. The summed E-state index contributed by atoms with van der Waals surface area (Å²) >= 11 is 0. The van der Waals surface area contributed by atoms with Gasteiger partial charge in [-0.25, -0.2) is 13.6 Å². The molecule has 1 amide bonds. The zero-order valence-corrected chi connectivity index (χ0v) is 12.4. The highest BCUT2D eigenvalue weighted by Crippen LogP contribution is 2.09. The van der Waals surface area contributed by atoms with E-state index in [9.17, 15) is 13.2 Å². The van der Waals surface area contributed by atoms with Gasteiger partial charge in [0, 0.05) is 19.3 Å². The molecule has 0 saturated heterocycles. The third kappa shape index (κ3) is 3.71. The molecule has 112 valence electrons. The maximum Gasteiger partial charge on any atom is 0.268 e. The van der Waals surface area contributed by atoms with Crippen LogP contribution in [0.4, 0.5) is 0 Å². The summed E-state index contributed by atoms with van der Waals surface area (Å²) in [5, 5.41) is 7.82. The van der Waals surface area contributed by atoms with E-state index in [2.05, 4.69) is 5.32 Å². The lowest BCUT2D eigenvalue weighted by molar-refractivity contribution is 0.0941. The highest BCUT2D eigenvalue weighted by Gasteiger charge is 2.10. The van der Waals surface area contributed by atoms with Crippen molar-refractivity contribution in [2.45, 2.75) is 24.9 Å². The molecule has 21 heavy (non-hydrogen) atoms. The Hall–Kier alpha value is -2.12. The van der Waals surface area contributed by atoms with E-state index in [1.807, 2.05) is 23.8 Å². The Morgan fingerprint density at radius 1 is 1.24 bits per heavy atom. The van der Waals surface area contributed by atoms with Crippen LogP contribution in [-0.2, 0) is 23.1 Å².